The van der Waals surface area contributed by atoms with Crippen LogP contribution in [0.5, 0.6) is 0 Å². The summed E-state index contributed by atoms with van der Waals surface area (Å²) in [6.45, 7) is 2.55. The average Bonchev–Trinajstić information content (AvgIpc) is 2.22. The first kappa shape index (κ1) is 13.7. The Morgan fingerprint density at radius 1 is 1.56 bits per heavy atom. The molecule has 5 heteroatoms. The number of hydrogen-bond acceptors (Lipinski definition) is 2. The van der Waals surface area contributed by atoms with E-state index in [1.807, 2.05) is 26.1 Å². The van der Waals surface area contributed by atoms with Crippen molar-refractivity contribution in [1.82, 2.24) is 5.32 Å². The van der Waals surface area contributed by atoms with E-state index in [0.29, 0.717) is 11.6 Å². The van der Waals surface area contributed by atoms with Crippen LogP contribution in [0.15, 0.2) is 18.2 Å². The molecule has 1 atom stereocenters. The van der Waals surface area contributed by atoms with E-state index in [2.05, 4.69) is 33.2 Å². The molecule has 0 aliphatic rings. The van der Waals surface area contributed by atoms with Crippen molar-refractivity contribution in [2.45, 2.75) is 6.92 Å². The summed E-state index contributed by atoms with van der Waals surface area (Å²) in [5.74, 6) is -0.0499. The Hall–Kier alpha value is -0.330. The topological polar surface area (TPSA) is 41.1 Å². The maximum Gasteiger partial charge on any atom is 0.228 e. The summed E-state index contributed by atoms with van der Waals surface area (Å²) in [5.41, 5.74) is 0.804. The molecule has 0 aliphatic carbocycles. The number of anilines is 1. The van der Waals surface area contributed by atoms with Crippen molar-refractivity contribution >= 4 is 45.8 Å². The molecule has 0 saturated heterocycles. The highest BCUT2D eigenvalue weighted by atomic mass is 127. The van der Waals surface area contributed by atoms with Crippen LogP contribution in [0.3, 0.4) is 0 Å². The molecule has 0 spiro atoms. The van der Waals surface area contributed by atoms with E-state index < -0.39 is 0 Å². The van der Waals surface area contributed by atoms with E-state index in [-0.39, 0.29) is 11.8 Å². The third kappa shape index (κ3) is 3.92. The lowest BCUT2D eigenvalue weighted by Gasteiger charge is -2.12. The van der Waals surface area contributed by atoms with Gasteiger partial charge in [-0.1, -0.05) is 18.5 Å². The van der Waals surface area contributed by atoms with Crippen LogP contribution in [0.1, 0.15) is 6.92 Å². The summed E-state index contributed by atoms with van der Waals surface area (Å²) < 4.78 is 0.940. The predicted molar refractivity (Wildman–Crippen MR) is 75.9 cm³/mol. The summed E-state index contributed by atoms with van der Waals surface area (Å²) in [6, 6.07) is 5.40. The summed E-state index contributed by atoms with van der Waals surface area (Å²) in [7, 11) is 1.83. The number of carbonyl (C=O) groups excluding carboxylic acids is 1. The molecule has 2 N–H and O–H groups in total. The Labute approximate surface area is 114 Å². The lowest BCUT2D eigenvalue weighted by atomic mass is 10.1. The average molecular weight is 353 g/mol. The fraction of sp³-hybridized carbons (Fsp3) is 0.364. The van der Waals surface area contributed by atoms with Crippen LogP contribution < -0.4 is 10.6 Å². The SMILES string of the molecule is CNCC(C)C(=O)Nc1ccc(Cl)cc1I. The first-order valence-electron chi connectivity index (χ1n) is 4.95. The molecule has 0 heterocycles. The fourth-order valence-electron chi connectivity index (χ4n) is 1.25. The minimum atomic E-state index is -0.0588. The van der Waals surface area contributed by atoms with Crippen LogP contribution in [0.25, 0.3) is 0 Å². The molecule has 1 amide bonds. The number of benzene rings is 1. The molecule has 88 valence electrons. The third-order valence-electron chi connectivity index (χ3n) is 2.15. The van der Waals surface area contributed by atoms with Crippen LogP contribution in [0, 0.1) is 9.49 Å². The van der Waals surface area contributed by atoms with Gasteiger partial charge in [0.1, 0.15) is 0 Å². The standard InChI is InChI=1S/C11H14ClIN2O/c1-7(6-14-2)11(16)15-10-4-3-8(12)5-9(10)13/h3-5,7,14H,6H2,1-2H3,(H,15,16). The number of rotatable bonds is 4. The number of hydrogen-bond donors (Lipinski definition) is 2. The van der Waals surface area contributed by atoms with E-state index in [0.717, 1.165) is 9.26 Å². The molecule has 0 bridgehead atoms. The first-order valence-corrected chi connectivity index (χ1v) is 6.40. The second kappa shape index (κ2) is 6.42. The van der Waals surface area contributed by atoms with Crippen LogP contribution in [0.2, 0.25) is 5.02 Å². The summed E-state index contributed by atoms with van der Waals surface area (Å²) in [4.78, 5) is 11.8. The Balaban J connectivity index is 2.69. The largest absolute Gasteiger partial charge is 0.325 e. The van der Waals surface area contributed by atoms with Gasteiger partial charge < -0.3 is 10.6 Å². The lowest BCUT2D eigenvalue weighted by molar-refractivity contribution is -0.119. The van der Waals surface area contributed by atoms with Crippen molar-refractivity contribution < 1.29 is 4.79 Å². The highest BCUT2D eigenvalue weighted by Crippen LogP contribution is 2.22. The van der Waals surface area contributed by atoms with Crippen molar-refractivity contribution in [2.75, 3.05) is 18.9 Å². The van der Waals surface area contributed by atoms with Crippen molar-refractivity contribution in [3.8, 4) is 0 Å². The Morgan fingerprint density at radius 3 is 2.81 bits per heavy atom. The van der Waals surface area contributed by atoms with Crippen LogP contribution in [-0.2, 0) is 4.79 Å². The van der Waals surface area contributed by atoms with Gasteiger partial charge in [-0.05, 0) is 47.8 Å². The summed E-state index contributed by atoms with van der Waals surface area (Å²) in [6.07, 6.45) is 0. The third-order valence-corrected chi connectivity index (χ3v) is 3.27. The molecule has 1 rings (SSSR count). The molecule has 0 fully saturated rings. The quantitative estimate of drug-likeness (QED) is 0.818. The van der Waals surface area contributed by atoms with Crippen molar-refractivity contribution in [2.24, 2.45) is 5.92 Å². The molecule has 1 aromatic rings. The van der Waals surface area contributed by atoms with Crippen molar-refractivity contribution in [3.63, 3.8) is 0 Å². The molecule has 0 aliphatic heterocycles. The molecule has 16 heavy (non-hydrogen) atoms. The minimum Gasteiger partial charge on any atom is -0.325 e. The Morgan fingerprint density at radius 2 is 2.25 bits per heavy atom. The number of nitrogens with one attached hydrogen (secondary N) is 2. The summed E-state index contributed by atoms with van der Waals surface area (Å²) >= 11 is 7.99. The minimum absolute atomic E-state index is 0.00888. The molecular formula is C11H14ClIN2O. The number of amides is 1. The monoisotopic (exact) mass is 352 g/mol. The van der Waals surface area contributed by atoms with Crippen LogP contribution >= 0.6 is 34.2 Å². The van der Waals surface area contributed by atoms with Crippen molar-refractivity contribution in [3.05, 3.63) is 26.8 Å². The zero-order valence-corrected chi connectivity index (χ0v) is 12.1. The van der Waals surface area contributed by atoms with Gasteiger partial charge in [-0.25, -0.2) is 0 Å². The molecule has 3 nitrogen and oxygen atoms in total. The maximum atomic E-state index is 11.8. The zero-order chi connectivity index (χ0) is 12.1. The van der Waals surface area contributed by atoms with Crippen LogP contribution in [0.4, 0.5) is 5.69 Å². The van der Waals surface area contributed by atoms with E-state index >= 15 is 0 Å². The molecule has 0 aromatic heterocycles. The van der Waals surface area contributed by atoms with Gasteiger partial charge >= 0.3 is 0 Å². The van der Waals surface area contributed by atoms with Gasteiger partial charge in [-0.2, -0.15) is 0 Å². The highest BCUT2D eigenvalue weighted by Gasteiger charge is 2.13. The van der Waals surface area contributed by atoms with Gasteiger partial charge in [0.2, 0.25) is 5.91 Å². The molecule has 1 aromatic carbocycles. The predicted octanol–water partition coefficient (Wildman–Crippen LogP) is 2.74. The Bertz CT molecular complexity index is 384. The Kier molecular flexibility index (Phi) is 5.51. The molecular weight excluding hydrogens is 338 g/mol. The van der Waals surface area contributed by atoms with Gasteiger partial charge in [0.25, 0.3) is 0 Å². The van der Waals surface area contributed by atoms with Gasteiger partial charge in [-0.3, -0.25) is 4.79 Å². The number of halogens is 2. The first-order chi connectivity index (χ1) is 7.54. The smallest absolute Gasteiger partial charge is 0.228 e. The second-order valence-corrected chi connectivity index (χ2v) is 5.17. The fourth-order valence-corrected chi connectivity index (χ4v) is 2.25. The normalized spacial score (nSPS) is 12.2. The van der Waals surface area contributed by atoms with Crippen LogP contribution in [-0.4, -0.2) is 19.5 Å². The van der Waals surface area contributed by atoms with Gasteiger partial charge in [-0.15, -0.1) is 0 Å². The molecule has 0 radical (unpaired) electrons. The molecule has 0 saturated carbocycles. The zero-order valence-electron chi connectivity index (χ0n) is 9.18. The van der Waals surface area contributed by atoms with Crippen molar-refractivity contribution in [1.29, 1.82) is 0 Å². The molecule has 1 unspecified atom stereocenters. The van der Waals surface area contributed by atoms with Gasteiger partial charge in [0, 0.05) is 21.1 Å². The lowest BCUT2D eigenvalue weighted by Crippen LogP contribution is -2.28. The highest BCUT2D eigenvalue weighted by molar-refractivity contribution is 14.1. The summed E-state index contributed by atoms with van der Waals surface area (Å²) in [5, 5.41) is 6.52. The van der Waals surface area contributed by atoms with E-state index in [1.165, 1.54) is 0 Å². The van der Waals surface area contributed by atoms with E-state index in [9.17, 15) is 4.79 Å². The second-order valence-electron chi connectivity index (χ2n) is 3.57. The van der Waals surface area contributed by atoms with E-state index in [1.54, 1.807) is 6.07 Å². The maximum absolute atomic E-state index is 11.8. The van der Waals surface area contributed by atoms with E-state index in [4.69, 9.17) is 11.6 Å². The van der Waals surface area contributed by atoms with Gasteiger partial charge in [0.15, 0.2) is 0 Å². The van der Waals surface area contributed by atoms with Gasteiger partial charge in [0.05, 0.1) is 5.69 Å². The number of carbonyl (C=O) groups is 1.